The molecule has 0 heterocycles. The molecule has 0 saturated heterocycles. The fraction of sp³-hybridized carbons (Fsp3) is 0.125. The van der Waals surface area contributed by atoms with Crippen molar-refractivity contribution < 1.29 is 14.8 Å². The van der Waals surface area contributed by atoms with Crippen LogP contribution in [0.15, 0.2) is 35.4 Å². The molecule has 10 heteroatoms. The van der Waals surface area contributed by atoms with Gasteiger partial charge in [0.05, 0.1) is 17.7 Å². The number of benzene rings is 2. The lowest BCUT2D eigenvalue weighted by atomic mass is 10.2. The maximum atomic E-state index is 11.8. The lowest BCUT2D eigenvalue weighted by Crippen LogP contribution is -2.26. The van der Waals surface area contributed by atoms with E-state index in [0.29, 0.717) is 0 Å². The molecule has 26 heavy (non-hydrogen) atoms. The van der Waals surface area contributed by atoms with Gasteiger partial charge in [0.25, 0.3) is 5.91 Å². The Bertz CT molecular complexity index is 889. The van der Waals surface area contributed by atoms with Crippen molar-refractivity contribution in [3.8, 4) is 5.75 Å². The highest BCUT2D eigenvalue weighted by Gasteiger charge is 2.17. The summed E-state index contributed by atoms with van der Waals surface area (Å²) in [5.41, 5.74) is 3.58. The third-order valence-electron chi connectivity index (χ3n) is 3.30. The van der Waals surface area contributed by atoms with Crippen LogP contribution in [0.4, 0.5) is 11.4 Å². The number of nitrogens with zero attached hydrogens (tertiary/aromatic N) is 2. The van der Waals surface area contributed by atoms with Gasteiger partial charge < -0.3 is 10.4 Å². The van der Waals surface area contributed by atoms with Gasteiger partial charge in [0.2, 0.25) is 5.75 Å². The number of aryl methyl sites for hydroxylation is 1. The summed E-state index contributed by atoms with van der Waals surface area (Å²) in [5, 5.41) is 27.4. The van der Waals surface area contributed by atoms with Crippen molar-refractivity contribution in [2.75, 3.05) is 11.9 Å². The van der Waals surface area contributed by atoms with Crippen LogP contribution < -0.4 is 10.7 Å². The van der Waals surface area contributed by atoms with E-state index in [2.05, 4.69) is 38.4 Å². The van der Waals surface area contributed by atoms with Gasteiger partial charge in [-0.1, -0.05) is 11.6 Å². The van der Waals surface area contributed by atoms with Gasteiger partial charge in [-0.2, -0.15) is 5.10 Å². The molecule has 0 saturated carbocycles. The predicted octanol–water partition coefficient (Wildman–Crippen LogP) is 3.43. The highest BCUT2D eigenvalue weighted by molar-refractivity contribution is 14.1. The second-order valence-corrected chi connectivity index (χ2v) is 6.91. The van der Waals surface area contributed by atoms with E-state index < -0.39 is 22.3 Å². The van der Waals surface area contributed by atoms with Crippen molar-refractivity contribution in [1.29, 1.82) is 0 Å². The standard InChI is InChI=1S/C16H14ClIN4O4/c1-9-4-12(18)2-3-13(9)19-8-15(23)21-20-7-10-5-11(17)6-14(16(10)24)22(25)26/h2-7,19,24H,8H2,1H3,(H,21,23)/b20-7+. The van der Waals surface area contributed by atoms with Gasteiger partial charge in [0, 0.05) is 25.9 Å². The van der Waals surface area contributed by atoms with Gasteiger partial charge in [-0.3, -0.25) is 14.9 Å². The van der Waals surface area contributed by atoms with E-state index in [0.717, 1.165) is 27.1 Å². The molecule has 0 atom stereocenters. The Hall–Kier alpha value is -2.40. The third-order valence-corrected chi connectivity index (χ3v) is 4.19. The monoisotopic (exact) mass is 488 g/mol. The lowest BCUT2D eigenvalue weighted by molar-refractivity contribution is -0.385. The maximum absolute atomic E-state index is 11.8. The number of phenols is 1. The van der Waals surface area contributed by atoms with E-state index in [4.69, 9.17) is 11.6 Å². The number of aromatic hydroxyl groups is 1. The minimum absolute atomic E-state index is 0.0134. The summed E-state index contributed by atoms with van der Waals surface area (Å²) in [7, 11) is 0. The SMILES string of the molecule is Cc1cc(I)ccc1NCC(=O)N/N=C/c1cc(Cl)cc([N+](=O)[O-])c1O. The van der Waals surface area contributed by atoms with Crippen LogP contribution in [0.1, 0.15) is 11.1 Å². The van der Waals surface area contributed by atoms with Crippen molar-refractivity contribution >= 4 is 57.7 Å². The number of nitrogens with one attached hydrogen (secondary N) is 2. The molecule has 0 bridgehead atoms. The minimum Gasteiger partial charge on any atom is -0.502 e. The molecule has 0 aliphatic rings. The van der Waals surface area contributed by atoms with Crippen LogP contribution in [0, 0.1) is 20.6 Å². The molecule has 8 nitrogen and oxygen atoms in total. The molecule has 0 unspecified atom stereocenters. The van der Waals surface area contributed by atoms with E-state index in [1.54, 1.807) is 0 Å². The van der Waals surface area contributed by atoms with Crippen LogP contribution in [-0.2, 0) is 4.79 Å². The van der Waals surface area contributed by atoms with Crippen LogP contribution in [0.25, 0.3) is 0 Å². The summed E-state index contributed by atoms with van der Waals surface area (Å²) in [6.07, 6.45) is 1.09. The number of rotatable bonds is 6. The highest BCUT2D eigenvalue weighted by atomic mass is 127. The van der Waals surface area contributed by atoms with Gasteiger partial charge in [-0.05, 0) is 59.3 Å². The van der Waals surface area contributed by atoms with E-state index in [-0.39, 0.29) is 17.1 Å². The summed E-state index contributed by atoms with van der Waals surface area (Å²) in [6.45, 7) is 1.91. The molecule has 2 aromatic rings. The zero-order valence-corrected chi connectivity index (χ0v) is 16.4. The van der Waals surface area contributed by atoms with Crippen LogP contribution in [0.5, 0.6) is 5.75 Å². The largest absolute Gasteiger partial charge is 0.502 e. The number of nitro benzene ring substituents is 1. The predicted molar refractivity (Wildman–Crippen MR) is 108 cm³/mol. The quantitative estimate of drug-likeness (QED) is 0.249. The first-order chi connectivity index (χ1) is 12.3. The Morgan fingerprint density at radius 1 is 1.42 bits per heavy atom. The van der Waals surface area contributed by atoms with Gasteiger partial charge >= 0.3 is 5.69 Å². The first kappa shape index (κ1) is 19.9. The summed E-state index contributed by atoms with van der Waals surface area (Å²) in [6, 6.07) is 8.10. The normalized spacial score (nSPS) is 10.7. The van der Waals surface area contributed by atoms with Gasteiger partial charge in [0.1, 0.15) is 0 Å². The fourth-order valence-electron chi connectivity index (χ4n) is 2.06. The van der Waals surface area contributed by atoms with Gasteiger partial charge in [0.15, 0.2) is 0 Å². The number of hydrazone groups is 1. The number of nitro groups is 1. The molecule has 136 valence electrons. The number of carbonyl (C=O) groups is 1. The minimum atomic E-state index is -0.759. The topological polar surface area (TPSA) is 117 Å². The number of anilines is 1. The van der Waals surface area contributed by atoms with E-state index >= 15 is 0 Å². The molecule has 0 spiro atoms. The lowest BCUT2D eigenvalue weighted by Gasteiger charge is -2.08. The maximum Gasteiger partial charge on any atom is 0.312 e. The number of hydrogen-bond acceptors (Lipinski definition) is 6. The Morgan fingerprint density at radius 2 is 2.15 bits per heavy atom. The average molecular weight is 489 g/mol. The van der Waals surface area contributed by atoms with Crippen LogP contribution >= 0.6 is 34.2 Å². The zero-order valence-electron chi connectivity index (χ0n) is 13.5. The molecule has 2 rings (SSSR count). The number of hydrogen-bond donors (Lipinski definition) is 3. The summed E-state index contributed by atoms with van der Waals surface area (Å²) in [4.78, 5) is 21.9. The average Bonchev–Trinajstić information content (AvgIpc) is 2.56. The second kappa shape index (κ2) is 8.81. The second-order valence-electron chi connectivity index (χ2n) is 5.23. The molecule has 2 aromatic carbocycles. The van der Waals surface area contributed by atoms with Crippen molar-refractivity contribution in [2.45, 2.75) is 6.92 Å². The summed E-state index contributed by atoms with van der Waals surface area (Å²) >= 11 is 7.98. The van der Waals surface area contributed by atoms with Crippen molar-refractivity contribution in [3.63, 3.8) is 0 Å². The Labute approximate surface area is 167 Å². The van der Waals surface area contributed by atoms with Crippen molar-refractivity contribution in [2.24, 2.45) is 5.10 Å². The first-order valence-corrected chi connectivity index (χ1v) is 8.72. The molecule has 0 aromatic heterocycles. The Balaban J connectivity index is 1.98. The number of halogens is 2. The van der Waals surface area contributed by atoms with Crippen LogP contribution in [-0.4, -0.2) is 28.7 Å². The Morgan fingerprint density at radius 3 is 2.81 bits per heavy atom. The molecule has 0 aliphatic carbocycles. The highest BCUT2D eigenvalue weighted by Crippen LogP contribution is 2.32. The van der Waals surface area contributed by atoms with Crippen molar-refractivity contribution in [3.05, 3.63) is 60.2 Å². The van der Waals surface area contributed by atoms with E-state index in [9.17, 15) is 20.0 Å². The molecule has 0 fully saturated rings. The molecule has 0 aliphatic heterocycles. The summed E-state index contributed by atoms with van der Waals surface area (Å²) in [5.74, 6) is -1.000. The van der Waals surface area contributed by atoms with Gasteiger partial charge in [-0.15, -0.1) is 0 Å². The summed E-state index contributed by atoms with van der Waals surface area (Å²) < 4.78 is 1.09. The molecular weight excluding hydrogens is 475 g/mol. The van der Waals surface area contributed by atoms with Crippen LogP contribution in [0.2, 0.25) is 5.02 Å². The molecule has 0 radical (unpaired) electrons. The smallest absolute Gasteiger partial charge is 0.312 e. The molecule has 1 amide bonds. The fourth-order valence-corrected chi connectivity index (χ4v) is 2.93. The number of amides is 1. The zero-order chi connectivity index (χ0) is 19.3. The van der Waals surface area contributed by atoms with Crippen LogP contribution in [0.3, 0.4) is 0 Å². The number of carbonyl (C=O) groups excluding carboxylic acids is 1. The molecule has 3 N–H and O–H groups in total. The van der Waals surface area contributed by atoms with E-state index in [1.807, 2.05) is 25.1 Å². The number of phenolic OH excluding ortho intramolecular Hbond substituents is 1. The molecular formula is C16H14ClIN4O4. The first-order valence-electron chi connectivity index (χ1n) is 7.26. The van der Waals surface area contributed by atoms with E-state index in [1.165, 1.54) is 6.07 Å². The van der Waals surface area contributed by atoms with Crippen molar-refractivity contribution in [1.82, 2.24) is 5.43 Å². The van der Waals surface area contributed by atoms with Gasteiger partial charge in [-0.25, -0.2) is 5.43 Å². The Kier molecular flexibility index (Phi) is 6.75. The third kappa shape index (κ3) is 5.30.